The smallest absolute Gasteiger partial charge is 0.251 e. The zero-order valence-electron chi connectivity index (χ0n) is 14.1. The van der Waals surface area contributed by atoms with Crippen LogP contribution in [0, 0.1) is 0 Å². The van der Waals surface area contributed by atoms with Crippen LogP contribution in [-0.4, -0.2) is 26.9 Å². The molecule has 25 heavy (non-hydrogen) atoms. The lowest BCUT2D eigenvalue weighted by Gasteiger charge is -2.16. The molecule has 0 saturated heterocycles. The highest BCUT2D eigenvalue weighted by molar-refractivity contribution is 5.55. The molecule has 0 atom stereocenters. The van der Waals surface area contributed by atoms with Crippen LogP contribution in [0.3, 0.4) is 0 Å². The van der Waals surface area contributed by atoms with E-state index in [1.165, 1.54) is 11.6 Å². The second-order valence-corrected chi connectivity index (χ2v) is 5.98. The van der Waals surface area contributed by atoms with Crippen molar-refractivity contribution in [2.45, 2.75) is 19.6 Å². The summed E-state index contributed by atoms with van der Waals surface area (Å²) in [7, 11) is 2.06. The van der Waals surface area contributed by atoms with Crippen LogP contribution < -0.4 is 11.3 Å². The maximum Gasteiger partial charge on any atom is 0.251 e. The molecule has 6 nitrogen and oxygen atoms in total. The van der Waals surface area contributed by atoms with Gasteiger partial charge >= 0.3 is 0 Å². The Morgan fingerprint density at radius 1 is 1.08 bits per heavy atom. The third-order valence-electron chi connectivity index (χ3n) is 3.84. The molecular formula is C19H21N5O. The van der Waals surface area contributed by atoms with Crippen molar-refractivity contribution in [2.75, 3.05) is 7.05 Å². The number of H-pyrrole nitrogens is 1. The van der Waals surface area contributed by atoms with Crippen molar-refractivity contribution in [1.29, 1.82) is 0 Å². The van der Waals surface area contributed by atoms with E-state index >= 15 is 0 Å². The van der Waals surface area contributed by atoms with E-state index in [4.69, 9.17) is 5.73 Å². The first-order valence-electron chi connectivity index (χ1n) is 8.12. The van der Waals surface area contributed by atoms with Crippen molar-refractivity contribution < 1.29 is 0 Å². The summed E-state index contributed by atoms with van der Waals surface area (Å²) in [5, 5.41) is 0. The van der Waals surface area contributed by atoms with Crippen LogP contribution in [0.2, 0.25) is 0 Å². The minimum absolute atomic E-state index is 0.190. The molecule has 6 heteroatoms. The Morgan fingerprint density at radius 2 is 1.88 bits per heavy atom. The van der Waals surface area contributed by atoms with Gasteiger partial charge in [0, 0.05) is 37.5 Å². The number of hydrogen-bond acceptors (Lipinski definition) is 5. The van der Waals surface area contributed by atoms with Gasteiger partial charge in [-0.05, 0) is 24.7 Å². The van der Waals surface area contributed by atoms with Crippen molar-refractivity contribution >= 4 is 0 Å². The van der Waals surface area contributed by atoms with E-state index in [2.05, 4.69) is 26.9 Å². The van der Waals surface area contributed by atoms with Crippen molar-refractivity contribution in [2.24, 2.45) is 5.73 Å². The molecule has 0 fully saturated rings. The fourth-order valence-corrected chi connectivity index (χ4v) is 2.65. The molecule has 0 amide bonds. The average Bonchev–Trinajstić information content (AvgIpc) is 2.62. The number of nitrogens with zero attached hydrogens (tertiary/aromatic N) is 3. The van der Waals surface area contributed by atoms with Crippen molar-refractivity contribution in [3.8, 4) is 11.4 Å². The first-order valence-corrected chi connectivity index (χ1v) is 8.12. The van der Waals surface area contributed by atoms with Gasteiger partial charge in [0.2, 0.25) is 0 Å². The Morgan fingerprint density at radius 3 is 2.56 bits per heavy atom. The van der Waals surface area contributed by atoms with E-state index in [0.717, 1.165) is 24.3 Å². The molecule has 0 aliphatic heterocycles. The monoisotopic (exact) mass is 335 g/mol. The normalized spacial score (nSPS) is 11.0. The van der Waals surface area contributed by atoms with Crippen LogP contribution >= 0.6 is 0 Å². The Kier molecular flexibility index (Phi) is 5.33. The van der Waals surface area contributed by atoms with Crippen LogP contribution in [0.5, 0.6) is 0 Å². The van der Waals surface area contributed by atoms with Crippen LogP contribution in [-0.2, 0) is 19.6 Å². The van der Waals surface area contributed by atoms with Crippen LogP contribution in [0.1, 0.15) is 17.0 Å². The first kappa shape index (κ1) is 17.0. The second kappa shape index (κ2) is 7.83. The number of hydrogen-bond donors (Lipinski definition) is 2. The Labute approximate surface area is 146 Å². The van der Waals surface area contributed by atoms with Crippen LogP contribution in [0.25, 0.3) is 11.4 Å². The van der Waals surface area contributed by atoms with E-state index in [1.54, 1.807) is 6.20 Å². The highest BCUT2D eigenvalue weighted by atomic mass is 16.1. The molecule has 0 unspecified atom stereocenters. The Balaban J connectivity index is 1.70. The maximum absolute atomic E-state index is 11.7. The van der Waals surface area contributed by atoms with Crippen molar-refractivity contribution in [1.82, 2.24) is 19.9 Å². The van der Waals surface area contributed by atoms with E-state index in [9.17, 15) is 4.79 Å². The number of nitrogens with one attached hydrogen (secondary N) is 1. The molecule has 0 aliphatic rings. The molecule has 0 spiro atoms. The third-order valence-corrected chi connectivity index (χ3v) is 3.84. The van der Waals surface area contributed by atoms with E-state index < -0.39 is 0 Å². The predicted octanol–water partition coefficient (Wildman–Crippen LogP) is 1.92. The number of benzene rings is 1. The molecule has 2 aromatic heterocycles. The van der Waals surface area contributed by atoms with Gasteiger partial charge in [-0.1, -0.05) is 30.3 Å². The molecule has 1 aromatic carbocycles. The van der Waals surface area contributed by atoms with E-state index in [0.29, 0.717) is 11.5 Å². The average molecular weight is 335 g/mol. The number of aromatic amines is 1. The summed E-state index contributed by atoms with van der Waals surface area (Å²) < 4.78 is 0. The summed E-state index contributed by atoms with van der Waals surface area (Å²) >= 11 is 0. The van der Waals surface area contributed by atoms with Gasteiger partial charge in [0.05, 0.1) is 11.4 Å². The first-order chi connectivity index (χ1) is 12.1. The van der Waals surface area contributed by atoms with Gasteiger partial charge in [-0.3, -0.25) is 14.7 Å². The minimum Gasteiger partial charge on any atom is -0.325 e. The molecular weight excluding hydrogens is 314 g/mol. The molecule has 2 heterocycles. The molecule has 0 bridgehead atoms. The summed E-state index contributed by atoms with van der Waals surface area (Å²) in [5.41, 5.74) is 9.06. The summed E-state index contributed by atoms with van der Waals surface area (Å²) in [4.78, 5) is 25.3. The lowest BCUT2D eigenvalue weighted by atomic mass is 10.1. The lowest BCUT2D eigenvalue weighted by Crippen LogP contribution is -2.17. The number of rotatable bonds is 6. The molecule has 0 saturated carbocycles. The second-order valence-electron chi connectivity index (χ2n) is 5.98. The van der Waals surface area contributed by atoms with E-state index in [1.807, 2.05) is 42.5 Å². The molecule has 128 valence electrons. The molecule has 3 N–H and O–H groups in total. The largest absolute Gasteiger partial charge is 0.325 e. The van der Waals surface area contributed by atoms with Gasteiger partial charge in [0.25, 0.3) is 5.56 Å². The fraction of sp³-hybridized carbons (Fsp3) is 0.211. The summed E-state index contributed by atoms with van der Waals surface area (Å²) in [6.45, 7) is 1.84. The Bertz CT molecular complexity index is 874. The van der Waals surface area contributed by atoms with Crippen molar-refractivity contribution in [3.63, 3.8) is 0 Å². The summed E-state index contributed by atoms with van der Waals surface area (Å²) in [5.74, 6) is 0.543. The number of pyridine rings is 1. The fourth-order valence-electron chi connectivity index (χ4n) is 2.65. The van der Waals surface area contributed by atoms with Gasteiger partial charge in [0.15, 0.2) is 0 Å². The summed E-state index contributed by atoms with van der Waals surface area (Å²) in [6, 6.07) is 15.4. The number of aromatic nitrogens is 3. The third kappa shape index (κ3) is 4.59. The maximum atomic E-state index is 11.7. The van der Waals surface area contributed by atoms with Crippen LogP contribution in [0.15, 0.2) is 59.5 Å². The topological polar surface area (TPSA) is 87.9 Å². The van der Waals surface area contributed by atoms with Gasteiger partial charge in [-0.2, -0.15) is 0 Å². The lowest BCUT2D eigenvalue weighted by molar-refractivity contribution is 0.315. The quantitative estimate of drug-likeness (QED) is 0.718. The highest BCUT2D eigenvalue weighted by Crippen LogP contribution is 2.16. The van der Waals surface area contributed by atoms with Crippen LogP contribution in [0.4, 0.5) is 0 Å². The van der Waals surface area contributed by atoms with Gasteiger partial charge in [-0.15, -0.1) is 0 Å². The highest BCUT2D eigenvalue weighted by Gasteiger charge is 2.06. The van der Waals surface area contributed by atoms with Gasteiger partial charge in [-0.25, -0.2) is 4.98 Å². The standard InChI is InChI=1S/C19H21N5O/c1-24(13-16-4-2-3-9-21-16)12-14-5-7-15(8-6-14)19-22-17(11-20)10-18(25)23-19/h2-10H,11-13,20H2,1H3,(H,22,23,25). The zero-order valence-corrected chi connectivity index (χ0v) is 14.1. The molecule has 3 rings (SSSR count). The van der Waals surface area contributed by atoms with Crippen molar-refractivity contribution in [3.05, 3.63) is 82.0 Å². The predicted molar refractivity (Wildman–Crippen MR) is 97.6 cm³/mol. The molecule has 3 aromatic rings. The molecule has 0 aliphatic carbocycles. The summed E-state index contributed by atoms with van der Waals surface area (Å²) in [6.07, 6.45) is 1.81. The minimum atomic E-state index is -0.190. The SMILES string of the molecule is CN(Cc1ccc(-c2nc(CN)cc(=O)[nH]2)cc1)Cc1ccccn1. The van der Waals surface area contributed by atoms with Gasteiger partial charge < -0.3 is 10.7 Å². The molecule has 0 radical (unpaired) electrons. The zero-order chi connectivity index (χ0) is 17.6. The Hall–Kier alpha value is -2.83. The van der Waals surface area contributed by atoms with E-state index in [-0.39, 0.29) is 12.1 Å². The van der Waals surface area contributed by atoms with Gasteiger partial charge in [0.1, 0.15) is 5.82 Å². The number of nitrogens with two attached hydrogens (primary N) is 1.